The first-order valence-corrected chi connectivity index (χ1v) is 5.68. The number of nitrogens with one attached hydrogen (secondary N) is 1. The van der Waals surface area contributed by atoms with E-state index in [2.05, 4.69) is 10.5 Å². The molecule has 0 atom stereocenters. The fourth-order valence-corrected chi connectivity index (χ4v) is 1.72. The third-order valence-electron chi connectivity index (χ3n) is 2.82. The van der Waals surface area contributed by atoms with Crippen LogP contribution >= 0.6 is 0 Å². The number of hydrogen-bond donors (Lipinski definition) is 3. The highest BCUT2D eigenvalue weighted by Gasteiger charge is 2.25. The highest BCUT2D eigenvalue weighted by Crippen LogP contribution is 2.32. The zero-order chi connectivity index (χ0) is 13.1. The lowest BCUT2D eigenvalue weighted by Gasteiger charge is -2.10. The molecule has 0 aliphatic heterocycles. The number of hydrogen-bond acceptors (Lipinski definition) is 3. The van der Waals surface area contributed by atoms with Gasteiger partial charge in [0.05, 0.1) is 11.3 Å². The molecule has 4 N–H and O–H groups in total. The molecule has 0 spiro atoms. The molecule has 2 rings (SSSR count). The molecule has 1 aromatic rings. The summed E-state index contributed by atoms with van der Waals surface area (Å²) in [6, 6.07) is 4.15. The van der Waals surface area contributed by atoms with Crippen molar-refractivity contribution in [1.29, 1.82) is 0 Å². The number of benzene rings is 1. The molecule has 0 saturated heterocycles. The molecule has 0 bridgehead atoms. The van der Waals surface area contributed by atoms with Gasteiger partial charge < -0.3 is 16.3 Å². The fourth-order valence-electron chi connectivity index (χ4n) is 1.72. The van der Waals surface area contributed by atoms with Gasteiger partial charge >= 0.3 is 0 Å². The molecule has 1 aliphatic rings. The standard InChI is InChI=1S/C12H14FN3O2/c13-8-2-1-3-9(11(8)12(14)16-18)15-10(17)6-7-4-5-7/h1-3,7,18H,4-6H2,(H2,14,16)(H,15,17). The minimum absolute atomic E-state index is 0.0934. The monoisotopic (exact) mass is 251 g/mol. The van der Waals surface area contributed by atoms with Crippen LogP contribution in [0.2, 0.25) is 0 Å². The van der Waals surface area contributed by atoms with E-state index >= 15 is 0 Å². The molecule has 1 fully saturated rings. The van der Waals surface area contributed by atoms with Gasteiger partial charge in [0.15, 0.2) is 5.84 Å². The quantitative estimate of drug-likeness (QED) is 0.329. The Bertz CT molecular complexity index is 498. The van der Waals surface area contributed by atoms with Crippen LogP contribution in [0.15, 0.2) is 23.4 Å². The van der Waals surface area contributed by atoms with Gasteiger partial charge in [0.1, 0.15) is 5.82 Å². The van der Waals surface area contributed by atoms with Crippen LogP contribution in [0.25, 0.3) is 0 Å². The summed E-state index contributed by atoms with van der Waals surface area (Å²) in [6.45, 7) is 0. The topological polar surface area (TPSA) is 87.7 Å². The largest absolute Gasteiger partial charge is 0.409 e. The van der Waals surface area contributed by atoms with Gasteiger partial charge in [-0.05, 0) is 30.9 Å². The Labute approximate surface area is 103 Å². The minimum atomic E-state index is -0.644. The number of nitrogens with two attached hydrogens (primary N) is 1. The van der Waals surface area contributed by atoms with Crippen molar-refractivity contribution in [2.24, 2.45) is 16.8 Å². The van der Waals surface area contributed by atoms with Crippen LogP contribution in [0, 0.1) is 11.7 Å². The molecule has 1 saturated carbocycles. The third kappa shape index (κ3) is 2.77. The van der Waals surface area contributed by atoms with Gasteiger partial charge in [-0.25, -0.2) is 4.39 Å². The predicted molar refractivity (Wildman–Crippen MR) is 64.9 cm³/mol. The molecule has 96 valence electrons. The molecular weight excluding hydrogens is 237 g/mol. The van der Waals surface area contributed by atoms with Crippen LogP contribution < -0.4 is 11.1 Å². The van der Waals surface area contributed by atoms with Gasteiger partial charge in [-0.1, -0.05) is 11.2 Å². The first-order valence-electron chi connectivity index (χ1n) is 5.68. The van der Waals surface area contributed by atoms with Gasteiger partial charge in [-0.2, -0.15) is 0 Å². The summed E-state index contributed by atoms with van der Waals surface area (Å²) in [4.78, 5) is 11.7. The van der Waals surface area contributed by atoms with Crippen LogP contribution in [-0.2, 0) is 4.79 Å². The number of halogens is 1. The molecule has 6 heteroatoms. The predicted octanol–water partition coefficient (Wildman–Crippen LogP) is 1.66. The normalized spacial score (nSPS) is 15.5. The van der Waals surface area contributed by atoms with Crippen molar-refractivity contribution in [1.82, 2.24) is 0 Å². The third-order valence-corrected chi connectivity index (χ3v) is 2.82. The summed E-state index contributed by atoms with van der Waals surface area (Å²) in [5.74, 6) is -0.759. The Hall–Kier alpha value is -2.11. The zero-order valence-corrected chi connectivity index (χ0v) is 9.69. The van der Waals surface area contributed by atoms with E-state index in [1.807, 2.05) is 0 Å². The summed E-state index contributed by atoms with van der Waals surface area (Å²) in [7, 11) is 0. The number of nitrogens with zero attached hydrogens (tertiary/aromatic N) is 1. The van der Waals surface area contributed by atoms with Crippen molar-refractivity contribution < 1.29 is 14.4 Å². The highest BCUT2D eigenvalue weighted by atomic mass is 19.1. The van der Waals surface area contributed by atoms with Crippen molar-refractivity contribution >= 4 is 17.4 Å². The van der Waals surface area contributed by atoms with Crippen LogP contribution in [0.4, 0.5) is 10.1 Å². The Morgan fingerprint density at radius 1 is 1.56 bits per heavy atom. The second-order valence-corrected chi connectivity index (χ2v) is 4.34. The Balaban J connectivity index is 2.20. The SMILES string of the molecule is NC(=NO)c1c(F)cccc1NC(=O)CC1CC1. The minimum Gasteiger partial charge on any atom is -0.409 e. The van der Waals surface area contributed by atoms with Crippen LogP contribution in [-0.4, -0.2) is 17.0 Å². The van der Waals surface area contributed by atoms with Crippen molar-refractivity contribution in [3.05, 3.63) is 29.6 Å². The maximum Gasteiger partial charge on any atom is 0.224 e. The van der Waals surface area contributed by atoms with Gasteiger partial charge in [0.2, 0.25) is 5.91 Å². The molecule has 1 aliphatic carbocycles. The van der Waals surface area contributed by atoms with E-state index in [0.717, 1.165) is 12.8 Å². The van der Waals surface area contributed by atoms with Crippen molar-refractivity contribution in [2.75, 3.05) is 5.32 Å². The van der Waals surface area contributed by atoms with E-state index < -0.39 is 5.82 Å². The maximum atomic E-state index is 13.6. The van der Waals surface area contributed by atoms with Gasteiger partial charge in [0.25, 0.3) is 0 Å². The van der Waals surface area contributed by atoms with E-state index in [4.69, 9.17) is 10.9 Å². The second-order valence-electron chi connectivity index (χ2n) is 4.34. The average Bonchev–Trinajstić information content (AvgIpc) is 3.12. The summed E-state index contributed by atoms with van der Waals surface area (Å²) in [5.41, 5.74) is 5.52. The highest BCUT2D eigenvalue weighted by molar-refractivity contribution is 6.05. The lowest BCUT2D eigenvalue weighted by molar-refractivity contribution is -0.116. The molecule has 18 heavy (non-hydrogen) atoms. The number of anilines is 1. The number of rotatable bonds is 4. The number of carbonyl (C=O) groups is 1. The molecule has 0 aromatic heterocycles. The molecule has 1 amide bonds. The Morgan fingerprint density at radius 2 is 2.28 bits per heavy atom. The van der Waals surface area contributed by atoms with Gasteiger partial charge in [0, 0.05) is 6.42 Å². The molecule has 0 unspecified atom stereocenters. The maximum absolute atomic E-state index is 13.6. The Kier molecular flexibility index (Phi) is 3.45. The molecular formula is C12H14FN3O2. The van der Waals surface area contributed by atoms with Crippen molar-refractivity contribution in [3.63, 3.8) is 0 Å². The number of amidine groups is 1. The fraction of sp³-hybridized carbons (Fsp3) is 0.333. The van der Waals surface area contributed by atoms with E-state index in [0.29, 0.717) is 12.3 Å². The lowest BCUT2D eigenvalue weighted by atomic mass is 10.1. The van der Waals surface area contributed by atoms with E-state index in [1.165, 1.54) is 18.2 Å². The van der Waals surface area contributed by atoms with Gasteiger partial charge in [-0.15, -0.1) is 0 Å². The van der Waals surface area contributed by atoms with Crippen LogP contribution in [0.1, 0.15) is 24.8 Å². The second kappa shape index (κ2) is 5.03. The first-order chi connectivity index (χ1) is 8.61. The van der Waals surface area contributed by atoms with Crippen LogP contribution in [0.3, 0.4) is 0 Å². The smallest absolute Gasteiger partial charge is 0.224 e. The van der Waals surface area contributed by atoms with Gasteiger partial charge in [-0.3, -0.25) is 4.79 Å². The molecule has 0 heterocycles. The molecule has 0 radical (unpaired) electrons. The summed E-state index contributed by atoms with van der Waals surface area (Å²) in [6.07, 6.45) is 2.54. The summed E-state index contributed by atoms with van der Waals surface area (Å²) in [5, 5.41) is 14.0. The Morgan fingerprint density at radius 3 is 2.89 bits per heavy atom. The van der Waals surface area contributed by atoms with Crippen molar-refractivity contribution in [3.8, 4) is 0 Å². The van der Waals surface area contributed by atoms with E-state index in [-0.39, 0.29) is 23.0 Å². The molecule has 1 aromatic carbocycles. The van der Waals surface area contributed by atoms with E-state index in [9.17, 15) is 9.18 Å². The summed E-state index contributed by atoms with van der Waals surface area (Å²) < 4.78 is 13.6. The van der Waals surface area contributed by atoms with E-state index in [1.54, 1.807) is 0 Å². The molecule has 5 nitrogen and oxygen atoms in total. The van der Waals surface area contributed by atoms with Crippen LogP contribution in [0.5, 0.6) is 0 Å². The lowest BCUT2D eigenvalue weighted by Crippen LogP contribution is -2.20. The number of carbonyl (C=O) groups excluding carboxylic acids is 1. The average molecular weight is 251 g/mol. The number of amides is 1. The van der Waals surface area contributed by atoms with Crippen molar-refractivity contribution in [2.45, 2.75) is 19.3 Å². The summed E-state index contributed by atoms with van der Waals surface area (Å²) >= 11 is 0. The zero-order valence-electron chi connectivity index (χ0n) is 9.69. The first kappa shape index (κ1) is 12.3. The number of oxime groups is 1.